The van der Waals surface area contributed by atoms with Crippen LogP contribution in [-0.2, 0) is 4.79 Å². The van der Waals surface area contributed by atoms with Crippen LogP contribution in [0.15, 0.2) is 53.6 Å². The Balaban J connectivity index is 1.92. The Bertz CT molecular complexity index is 729. The largest absolute Gasteiger partial charge is 0.482 e. The minimum absolute atomic E-state index is 0.285. The van der Waals surface area contributed by atoms with Gasteiger partial charge in [0.1, 0.15) is 5.75 Å². The monoisotopic (exact) mass is 424 g/mol. The maximum absolute atomic E-state index is 12.0. The van der Waals surface area contributed by atoms with Crippen molar-refractivity contribution >= 4 is 40.7 Å². The fraction of sp³-hybridized carbons (Fsp3) is 0.0625. The van der Waals surface area contributed by atoms with E-state index in [0.717, 1.165) is 9.13 Å². The van der Waals surface area contributed by atoms with E-state index in [1.165, 1.54) is 6.21 Å². The molecule has 0 aliphatic heterocycles. The molecular weight excluding hydrogens is 411 g/mol. The summed E-state index contributed by atoms with van der Waals surface area (Å²) in [6.07, 6.45) is 1.49. The summed E-state index contributed by atoms with van der Waals surface area (Å²) in [5.41, 5.74) is 3.76. The van der Waals surface area contributed by atoms with Crippen molar-refractivity contribution in [3.8, 4) is 5.75 Å². The molecule has 2 aromatic rings. The van der Waals surface area contributed by atoms with Crippen molar-refractivity contribution in [1.82, 2.24) is 5.43 Å². The average Bonchev–Trinajstić information content (AvgIpc) is 2.54. The summed E-state index contributed by atoms with van der Waals surface area (Å²) in [6.45, 7) is -0.390. The molecule has 0 bridgehead atoms. The lowest BCUT2D eigenvalue weighted by Crippen LogP contribution is -2.18. The van der Waals surface area contributed by atoms with E-state index >= 15 is 0 Å². The Kier molecular flexibility index (Phi) is 6.10. The Labute approximate surface area is 146 Å². The molecule has 7 heteroatoms. The van der Waals surface area contributed by atoms with Gasteiger partial charge in [-0.1, -0.05) is 12.1 Å². The van der Waals surface area contributed by atoms with Crippen molar-refractivity contribution in [2.75, 3.05) is 6.61 Å². The Morgan fingerprint density at radius 3 is 2.52 bits per heavy atom. The van der Waals surface area contributed by atoms with Crippen molar-refractivity contribution in [3.63, 3.8) is 0 Å². The second kappa shape index (κ2) is 8.28. The minimum atomic E-state index is -1.03. The first kappa shape index (κ1) is 16.9. The summed E-state index contributed by atoms with van der Waals surface area (Å²) in [5.74, 6) is -0.867. The van der Waals surface area contributed by atoms with Gasteiger partial charge in [0, 0.05) is 3.57 Å². The van der Waals surface area contributed by atoms with Crippen LogP contribution in [0.1, 0.15) is 15.9 Å². The van der Waals surface area contributed by atoms with Gasteiger partial charge in [-0.05, 0) is 64.6 Å². The number of carbonyl (C=O) groups is 2. The number of carboxylic acids is 1. The quantitative estimate of drug-likeness (QED) is 0.424. The van der Waals surface area contributed by atoms with Crippen molar-refractivity contribution in [3.05, 3.63) is 63.2 Å². The molecule has 2 rings (SSSR count). The number of benzene rings is 2. The maximum atomic E-state index is 12.0. The molecule has 0 aliphatic carbocycles. The summed E-state index contributed by atoms with van der Waals surface area (Å²) < 4.78 is 5.87. The third kappa shape index (κ3) is 5.37. The van der Waals surface area contributed by atoms with E-state index in [1.807, 2.05) is 12.1 Å². The molecular formula is C16H13IN2O4. The van der Waals surface area contributed by atoms with Gasteiger partial charge in [-0.15, -0.1) is 0 Å². The van der Waals surface area contributed by atoms with Crippen molar-refractivity contribution in [2.24, 2.45) is 5.10 Å². The Morgan fingerprint density at radius 1 is 1.17 bits per heavy atom. The summed E-state index contributed by atoms with van der Waals surface area (Å²) in [7, 11) is 0. The molecule has 2 N–H and O–H groups in total. The molecule has 0 saturated heterocycles. The second-order valence-corrected chi connectivity index (χ2v) is 5.59. The molecule has 0 heterocycles. The first-order valence-corrected chi connectivity index (χ1v) is 7.67. The van der Waals surface area contributed by atoms with Crippen LogP contribution < -0.4 is 10.2 Å². The number of carboxylic acid groups (broad SMARTS) is 1. The molecule has 0 unspecified atom stereocenters. The number of nitrogens with one attached hydrogen (secondary N) is 1. The molecule has 118 valence electrons. The number of halogens is 1. The lowest BCUT2D eigenvalue weighted by atomic mass is 10.2. The zero-order valence-corrected chi connectivity index (χ0v) is 14.1. The highest BCUT2D eigenvalue weighted by Crippen LogP contribution is 2.12. The maximum Gasteiger partial charge on any atom is 0.341 e. The summed E-state index contributed by atoms with van der Waals surface area (Å²) in [4.78, 5) is 22.4. The number of hydrogen-bond donors (Lipinski definition) is 2. The molecule has 23 heavy (non-hydrogen) atoms. The van der Waals surface area contributed by atoms with Crippen LogP contribution >= 0.6 is 22.6 Å². The van der Waals surface area contributed by atoms with Gasteiger partial charge in [0.2, 0.25) is 0 Å². The van der Waals surface area contributed by atoms with E-state index in [9.17, 15) is 9.59 Å². The number of amides is 1. The number of ether oxygens (including phenoxy) is 1. The zero-order valence-electron chi connectivity index (χ0n) is 11.9. The van der Waals surface area contributed by atoms with Crippen molar-refractivity contribution < 1.29 is 19.4 Å². The van der Waals surface area contributed by atoms with Crippen LogP contribution in [0.25, 0.3) is 0 Å². The first-order valence-electron chi connectivity index (χ1n) is 6.59. The van der Waals surface area contributed by atoms with Crippen LogP contribution in [-0.4, -0.2) is 29.8 Å². The number of carbonyl (C=O) groups excluding carboxylic acids is 1. The highest BCUT2D eigenvalue weighted by atomic mass is 127. The van der Waals surface area contributed by atoms with Gasteiger partial charge in [0.15, 0.2) is 6.61 Å². The van der Waals surface area contributed by atoms with E-state index in [2.05, 4.69) is 33.1 Å². The van der Waals surface area contributed by atoms with Gasteiger partial charge in [-0.2, -0.15) is 5.10 Å². The molecule has 6 nitrogen and oxygen atoms in total. The smallest absolute Gasteiger partial charge is 0.341 e. The standard InChI is InChI=1S/C16H13IN2O4/c17-14-4-2-1-3-13(14)16(22)19-18-9-11-5-7-12(8-6-11)23-10-15(20)21/h1-9H,10H2,(H,19,22)(H,20,21). The number of aliphatic carboxylic acids is 1. The van der Waals surface area contributed by atoms with E-state index in [0.29, 0.717) is 11.3 Å². The zero-order chi connectivity index (χ0) is 16.7. The molecule has 0 aliphatic rings. The third-order valence-corrected chi connectivity index (χ3v) is 3.68. The molecule has 0 radical (unpaired) electrons. The first-order chi connectivity index (χ1) is 11.1. The number of rotatable bonds is 6. The van der Waals surface area contributed by atoms with Crippen LogP contribution in [0.3, 0.4) is 0 Å². The molecule has 1 amide bonds. The second-order valence-electron chi connectivity index (χ2n) is 4.43. The number of hydrogen-bond acceptors (Lipinski definition) is 4. The van der Waals surface area contributed by atoms with Gasteiger partial charge in [-0.3, -0.25) is 4.79 Å². The average molecular weight is 424 g/mol. The van der Waals surface area contributed by atoms with Gasteiger partial charge in [-0.25, -0.2) is 10.2 Å². The molecule has 0 spiro atoms. The highest BCUT2D eigenvalue weighted by Gasteiger charge is 2.07. The molecule has 0 aromatic heterocycles. The van der Waals surface area contributed by atoms with E-state index < -0.39 is 5.97 Å². The van der Waals surface area contributed by atoms with Crippen LogP contribution in [0.5, 0.6) is 5.75 Å². The van der Waals surface area contributed by atoms with E-state index in [-0.39, 0.29) is 12.5 Å². The third-order valence-electron chi connectivity index (χ3n) is 2.74. The topological polar surface area (TPSA) is 88.0 Å². The fourth-order valence-electron chi connectivity index (χ4n) is 1.67. The van der Waals surface area contributed by atoms with Gasteiger partial charge in [0.25, 0.3) is 5.91 Å². The molecule has 0 atom stereocenters. The predicted octanol–water partition coefficient (Wildman–Crippen LogP) is 2.52. The Morgan fingerprint density at radius 2 is 1.87 bits per heavy atom. The molecule has 0 fully saturated rings. The van der Waals surface area contributed by atoms with Crippen molar-refractivity contribution in [1.29, 1.82) is 0 Å². The minimum Gasteiger partial charge on any atom is -0.482 e. The normalized spacial score (nSPS) is 10.5. The lowest BCUT2D eigenvalue weighted by Gasteiger charge is -2.03. The van der Waals surface area contributed by atoms with Crippen LogP contribution in [0.4, 0.5) is 0 Å². The summed E-state index contributed by atoms with van der Waals surface area (Å²) in [6, 6.07) is 13.9. The van der Waals surface area contributed by atoms with E-state index in [1.54, 1.807) is 36.4 Å². The van der Waals surface area contributed by atoms with E-state index in [4.69, 9.17) is 9.84 Å². The lowest BCUT2D eigenvalue weighted by molar-refractivity contribution is -0.139. The van der Waals surface area contributed by atoms with Crippen LogP contribution in [0.2, 0.25) is 0 Å². The number of nitrogens with zero attached hydrogens (tertiary/aromatic N) is 1. The fourth-order valence-corrected chi connectivity index (χ4v) is 2.30. The van der Waals surface area contributed by atoms with Crippen molar-refractivity contribution in [2.45, 2.75) is 0 Å². The van der Waals surface area contributed by atoms with Gasteiger partial charge >= 0.3 is 5.97 Å². The van der Waals surface area contributed by atoms with Gasteiger partial charge in [0.05, 0.1) is 11.8 Å². The molecule has 0 saturated carbocycles. The SMILES string of the molecule is O=C(O)COc1ccc(C=NNC(=O)c2ccccc2I)cc1. The predicted molar refractivity (Wildman–Crippen MR) is 93.8 cm³/mol. The highest BCUT2D eigenvalue weighted by molar-refractivity contribution is 14.1. The van der Waals surface area contributed by atoms with Crippen LogP contribution in [0, 0.1) is 3.57 Å². The van der Waals surface area contributed by atoms with Gasteiger partial charge < -0.3 is 9.84 Å². The summed E-state index contributed by atoms with van der Waals surface area (Å²) >= 11 is 2.09. The Hall–Kier alpha value is -2.42. The summed E-state index contributed by atoms with van der Waals surface area (Å²) in [5, 5.41) is 12.4. The molecule has 2 aromatic carbocycles. The number of hydrazone groups is 1.